The number of nitrogens with one attached hydrogen (secondary N) is 1. The van der Waals surface area contributed by atoms with Crippen molar-refractivity contribution in [3.8, 4) is 11.5 Å². The van der Waals surface area contributed by atoms with E-state index in [1.54, 1.807) is 6.92 Å². The summed E-state index contributed by atoms with van der Waals surface area (Å²) in [7, 11) is 0. The van der Waals surface area contributed by atoms with E-state index < -0.39 is 35.2 Å². The van der Waals surface area contributed by atoms with Crippen LogP contribution in [-0.2, 0) is 19.1 Å². The molecule has 2 atom stereocenters. The molecular formula is C20H23NO7. The lowest BCUT2D eigenvalue weighted by atomic mass is 9.95. The number of phenols is 2. The molecule has 1 aliphatic heterocycles. The molecule has 8 nitrogen and oxygen atoms in total. The zero-order chi connectivity index (χ0) is 20.8. The standard InChI is InChI=1S/C20H23NO7/c1-11-6-7-28-20(27)18-13(9-14(23)10-16(18)24)4-3-5-15(21-12(2)22)19(26)17(25)8-11/h3-4,9-11,15,23-24H,5-8H2,1-2H3,(H,21,22)/t11?,15-/m0/s1. The number of carbonyl (C=O) groups is 4. The summed E-state index contributed by atoms with van der Waals surface area (Å²) in [6, 6.07) is 1.27. The number of carbonyl (C=O) groups excluding carboxylic acids is 4. The second-order valence-corrected chi connectivity index (χ2v) is 6.84. The van der Waals surface area contributed by atoms with Gasteiger partial charge in [-0.25, -0.2) is 4.79 Å². The number of rotatable bonds is 1. The van der Waals surface area contributed by atoms with Crippen molar-refractivity contribution in [2.45, 2.75) is 39.2 Å². The molecule has 1 amide bonds. The molecule has 0 bridgehead atoms. The summed E-state index contributed by atoms with van der Waals surface area (Å²) in [6.45, 7) is 3.00. The van der Waals surface area contributed by atoms with E-state index in [2.05, 4.69) is 5.32 Å². The molecule has 1 aromatic rings. The molecular weight excluding hydrogens is 366 g/mol. The SMILES string of the molecule is CC(=O)N[C@H]1CC=Cc2cc(O)cc(O)c2C(=O)OCCC(C)CC(=O)C1=O. The van der Waals surface area contributed by atoms with Crippen LogP contribution in [-0.4, -0.2) is 46.3 Å². The van der Waals surface area contributed by atoms with Gasteiger partial charge in [-0.05, 0) is 30.4 Å². The van der Waals surface area contributed by atoms with Gasteiger partial charge < -0.3 is 20.3 Å². The number of phenolic OH excluding ortho intramolecular Hbond substituents is 2. The molecule has 0 radical (unpaired) electrons. The second kappa shape index (κ2) is 9.16. The van der Waals surface area contributed by atoms with Crippen LogP contribution in [0.25, 0.3) is 6.08 Å². The molecule has 0 spiro atoms. The Morgan fingerprint density at radius 1 is 1.21 bits per heavy atom. The van der Waals surface area contributed by atoms with Gasteiger partial charge in [0.2, 0.25) is 17.5 Å². The smallest absolute Gasteiger partial charge is 0.342 e. The van der Waals surface area contributed by atoms with Crippen LogP contribution in [0.3, 0.4) is 0 Å². The van der Waals surface area contributed by atoms with Crippen molar-refractivity contribution in [2.24, 2.45) is 5.92 Å². The monoisotopic (exact) mass is 389 g/mol. The van der Waals surface area contributed by atoms with Gasteiger partial charge in [-0.3, -0.25) is 14.4 Å². The Morgan fingerprint density at radius 2 is 1.93 bits per heavy atom. The van der Waals surface area contributed by atoms with Crippen LogP contribution in [0.5, 0.6) is 11.5 Å². The molecule has 0 saturated heterocycles. The molecule has 0 aromatic heterocycles. The molecule has 150 valence electrons. The maximum absolute atomic E-state index is 12.4. The Labute approximate surface area is 162 Å². The quantitative estimate of drug-likeness (QED) is 0.492. The van der Waals surface area contributed by atoms with Gasteiger partial charge in [0.15, 0.2) is 0 Å². The summed E-state index contributed by atoms with van der Waals surface area (Å²) in [5.41, 5.74) is 0.0743. The van der Waals surface area contributed by atoms with Crippen LogP contribution in [0.2, 0.25) is 0 Å². The third-order valence-corrected chi connectivity index (χ3v) is 4.35. The van der Waals surface area contributed by atoms with Gasteiger partial charge in [0.25, 0.3) is 0 Å². The minimum absolute atomic E-state index is 0.0000652. The Kier molecular flexibility index (Phi) is 6.92. The van der Waals surface area contributed by atoms with Crippen molar-refractivity contribution in [1.29, 1.82) is 0 Å². The summed E-state index contributed by atoms with van der Waals surface area (Å²) < 4.78 is 5.17. The Morgan fingerprint density at radius 3 is 2.61 bits per heavy atom. The highest BCUT2D eigenvalue weighted by Gasteiger charge is 2.27. The predicted octanol–water partition coefficient (Wildman–Crippen LogP) is 1.73. The summed E-state index contributed by atoms with van der Waals surface area (Å²) in [5, 5.41) is 22.2. The first-order valence-electron chi connectivity index (χ1n) is 8.92. The molecule has 1 aliphatic rings. The fourth-order valence-corrected chi connectivity index (χ4v) is 2.93. The number of Topliss-reactive ketones (excluding diaryl/α,β-unsaturated/α-hetero) is 2. The number of ketones is 2. The van der Waals surface area contributed by atoms with E-state index in [9.17, 15) is 29.4 Å². The minimum atomic E-state index is -1.03. The van der Waals surface area contributed by atoms with Crippen LogP contribution >= 0.6 is 0 Å². The fourth-order valence-electron chi connectivity index (χ4n) is 2.93. The highest BCUT2D eigenvalue weighted by molar-refractivity contribution is 6.39. The molecule has 0 saturated carbocycles. The molecule has 2 rings (SSSR count). The lowest BCUT2D eigenvalue weighted by Crippen LogP contribution is -2.43. The van der Waals surface area contributed by atoms with E-state index in [4.69, 9.17) is 4.74 Å². The van der Waals surface area contributed by atoms with E-state index in [0.29, 0.717) is 6.42 Å². The third-order valence-electron chi connectivity index (χ3n) is 4.35. The molecule has 0 aliphatic carbocycles. The van der Waals surface area contributed by atoms with Gasteiger partial charge in [-0.1, -0.05) is 19.1 Å². The van der Waals surface area contributed by atoms with Gasteiger partial charge in [0.05, 0.1) is 12.6 Å². The summed E-state index contributed by atoms with van der Waals surface area (Å²) >= 11 is 0. The van der Waals surface area contributed by atoms with Crippen molar-refractivity contribution < 1.29 is 34.1 Å². The molecule has 8 heteroatoms. The van der Waals surface area contributed by atoms with Gasteiger partial charge >= 0.3 is 5.97 Å². The number of aromatic hydroxyl groups is 2. The maximum Gasteiger partial charge on any atom is 0.342 e. The topological polar surface area (TPSA) is 130 Å². The van der Waals surface area contributed by atoms with Crippen molar-refractivity contribution in [3.05, 3.63) is 29.3 Å². The molecule has 0 fully saturated rings. The lowest BCUT2D eigenvalue weighted by Gasteiger charge is -2.17. The van der Waals surface area contributed by atoms with Crippen LogP contribution in [0.1, 0.15) is 49.0 Å². The van der Waals surface area contributed by atoms with Crippen molar-refractivity contribution in [2.75, 3.05) is 6.61 Å². The van der Waals surface area contributed by atoms with Crippen LogP contribution in [0, 0.1) is 5.92 Å². The molecule has 1 aromatic carbocycles. The van der Waals surface area contributed by atoms with E-state index in [-0.39, 0.29) is 42.2 Å². The molecule has 1 heterocycles. The largest absolute Gasteiger partial charge is 0.508 e. The Balaban J connectivity index is 2.43. The summed E-state index contributed by atoms with van der Waals surface area (Å²) in [5.74, 6) is -3.41. The van der Waals surface area contributed by atoms with Crippen molar-refractivity contribution >= 4 is 29.5 Å². The number of hydrogen-bond donors (Lipinski definition) is 3. The van der Waals surface area contributed by atoms with Crippen molar-refractivity contribution in [3.63, 3.8) is 0 Å². The lowest BCUT2D eigenvalue weighted by molar-refractivity contribution is -0.139. The summed E-state index contributed by atoms with van der Waals surface area (Å²) in [4.78, 5) is 48.5. The van der Waals surface area contributed by atoms with Crippen molar-refractivity contribution in [1.82, 2.24) is 5.32 Å². The Bertz CT molecular complexity index is 828. The van der Waals surface area contributed by atoms with E-state index in [1.807, 2.05) is 0 Å². The predicted molar refractivity (Wildman–Crippen MR) is 99.7 cm³/mol. The number of fused-ring (bicyclic) bond motifs is 1. The number of cyclic esters (lactones) is 1. The minimum Gasteiger partial charge on any atom is -0.508 e. The average molecular weight is 389 g/mol. The second-order valence-electron chi connectivity index (χ2n) is 6.84. The van der Waals surface area contributed by atoms with Crippen LogP contribution < -0.4 is 5.32 Å². The van der Waals surface area contributed by atoms with Crippen LogP contribution in [0.15, 0.2) is 18.2 Å². The number of ether oxygens (including phenoxy) is 1. The van der Waals surface area contributed by atoms with E-state index in [1.165, 1.54) is 25.1 Å². The Hall–Kier alpha value is -3.16. The third kappa shape index (κ3) is 5.42. The number of amides is 1. The zero-order valence-corrected chi connectivity index (χ0v) is 15.7. The highest BCUT2D eigenvalue weighted by atomic mass is 16.5. The van der Waals surface area contributed by atoms with Gasteiger partial charge in [-0.2, -0.15) is 0 Å². The first kappa shape index (κ1) is 21.1. The number of hydrogen-bond acceptors (Lipinski definition) is 7. The number of benzene rings is 1. The molecule has 28 heavy (non-hydrogen) atoms. The first-order valence-corrected chi connectivity index (χ1v) is 8.92. The van der Waals surface area contributed by atoms with E-state index in [0.717, 1.165) is 6.07 Å². The van der Waals surface area contributed by atoms with E-state index >= 15 is 0 Å². The van der Waals surface area contributed by atoms with Gasteiger partial charge in [0, 0.05) is 19.4 Å². The zero-order valence-electron chi connectivity index (χ0n) is 15.7. The average Bonchev–Trinajstić information content (AvgIpc) is 2.58. The van der Waals surface area contributed by atoms with Gasteiger partial charge in [0.1, 0.15) is 17.1 Å². The fraction of sp³-hybridized carbons (Fsp3) is 0.400. The number of esters is 1. The molecule has 3 N–H and O–H groups in total. The maximum atomic E-state index is 12.4. The first-order chi connectivity index (χ1) is 13.2. The summed E-state index contributed by atoms with van der Waals surface area (Å²) in [6.07, 6.45) is 3.22. The normalized spacial score (nSPS) is 21.4. The van der Waals surface area contributed by atoms with Gasteiger partial charge in [-0.15, -0.1) is 0 Å². The molecule has 1 unspecified atom stereocenters. The van der Waals surface area contributed by atoms with Crippen LogP contribution in [0.4, 0.5) is 0 Å². The highest BCUT2D eigenvalue weighted by Crippen LogP contribution is 2.29.